The monoisotopic (exact) mass is 315 g/mol. The number of carbonyl (C=O) groups is 2. The third kappa shape index (κ3) is 3.39. The minimum Gasteiger partial charge on any atom is -0.455 e. The van der Waals surface area contributed by atoms with Crippen molar-refractivity contribution in [2.45, 2.75) is 26.9 Å². The summed E-state index contributed by atoms with van der Waals surface area (Å²) in [7, 11) is 0. The summed E-state index contributed by atoms with van der Waals surface area (Å²) in [6.45, 7) is 3.89. The summed E-state index contributed by atoms with van der Waals surface area (Å²) in [5.74, 6) is -0.325. The second kappa shape index (κ2) is 6.20. The van der Waals surface area contributed by atoms with Gasteiger partial charge in [0.1, 0.15) is 0 Å². The van der Waals surface area contributed by atoms with Crippen LogP contribution in [0.15, 0.2) is 28.7 Å². The summed E-state index contributed by atoms with van der Waals surface area (Å²) in [5, 5.41) is 7.42. The number of hydrogen-bond acceptors (Lipinski definition) is 6. The molecule has 3 rings (SSSR count). The molecule has 1 aliphatic heterocycles. The van der Waals surface area contributed by atoms with E-state index in [-0.39, 0.29) is 24.8 Å². The van der Waals surface area contributed by atoms with Crippen LogP contribution in [0.1, 0.15) is 23.8 Å². The van der Waals surface area contributed by atoms with Gasteiger partial charge in [0.05, 0.1) is 5.92 Å². The van der Waals surface area contributed by atoms with Gasteiger partial charge in [-0.25, -0.2) is 0 Å². The van der Waals surface area contributed by atoms with Crippen LogP contribution in [0.5, 0.6) is 0 Å². The summed E-state index contributed by atoms with van der Waals surface area (Å²) in [6, 6.07) is 7.63. The van der Waals surface area contributed by atoms with Gasteiger partial charge in [0.2, 0.25) is 11.8 Å². The first-order valence-corrected chi connectivity index (χ1v) is 7.35. The molecule has 7 heteroatoms. The molecule has 1 amide bonds. The topological polar surface area (TPSA) is 85.5 Å². The van der Waals surface area contributed by atoms with Gasteiger partial charge in [-0.1, -0.05) is 17.7 Å². The fraction of sp³-hybridized carbons (Fsp3) is 0.375. The average Bonchev–Trinajstić information content (AvgIpc) is 3.12. The van der Waals surface area contributed by atoms with Crippen molar-refractivity contribution in [2.75, 3.05) is 11.4 Å². The zero-order chi connectivity index (χ0) is 16.4. The molecular weight excluding hydrogens is 298 g/mol. The Morgan fingerprint density at radius 1 is 1.30 bits per heavy atom. The number of hydrogen-bond donors (Lipinski definition) is 0. The van der Waals surface area contributed by atoms with Crippen molar-refractivity contribution < 1.29 is 18.7 Å². The summed E-state index contributed by atoms with van der Waals surface area (Å²) < 4.78 is 10.3. The highest BCUT2D eigenvalue weighted by atomic mass is 16.5. The molecule has 0 radical (unpaired) electrons. The van der Waals surface area contributed by atoms with E-state index in [1.807, 2.05) is 31.2 Å². The lowest BCUT2D eigenvalue weighted by atomic mass is 10.1. The van der Waals surface area contributed by atoms with Crippen LogP contribution >= 0.6 is 0 Å². The third-order valence-electron chi connectivity index (χ3n) is 3.71. The van der Waals surface area contributed by atoms with Gasteiger partial charge in [0, 0.05) is 25.6 Å². The molecule has 1 saturated heterocycles. The summed E-state index contributed by atoms with van der Waals surface area (Å²) >= 11 is 0. The van der Waals surface area contributed by atoms with Gasteiger partial charge in [-0.2, -0.15) is 0 Å². The first kappa shape index (κ1) is 15.2. The Labute approximate surface area is 133 Å². The Morgan fingerprint density at radius 2 is 2.04 bits per heavy atom. The highest BCUT2D eigenvalue weighted by Gasteiger charge is 2.36. The second-order valence-electron chi connectivity index (χ2n) is 5.56. The van der Waals surface area contributed by atoms with Crippen LogP contribution in [0.4, 0.5) is 5.69 Å². The smallest absolute Gasteiger partial charge is 0.311 e. The number of aromatic nitrogens is 2. The summed E-state index contributed by atoms with van der Waals surface area (Å²) in [5.41, 5.74) is 1.91. The number of esters is 1. The van der Waals surface area contributed by atoms with Crippen molar-refractivity contribution in [2.24, 2.45) is 5.92 Å². The fourth-order valence-corrected chi connectivity index (χ4v) is 2.49. The lowest BCUT2D eigenvalue weighted by Gasteiger charge is -2.16. The van der Waals surface area contributed by atoms with Crippen LogP contribution in [0.3, 0.4) is 0 Å². The molecule has 1 aliphatic rings. The molecule has 120 valence electrons. The molecule has 2 heterocycles. The largest absolute Gasteiger partial charge is 0.455 e. The molecule has 1 fully saturated rings. The Morgan fingerprint density at radius 3 is 2.70 bits per heavy atom. The molecule has 0 bridgehead atoms. The van der Waals surface area contributed by atoms with Gasteiger partial charge >= 0.3 is 5.97 Å². The van der Waals surface area contributed by atoms with E-state index in [0.29, 0.717) is 12.4 Å². The standard InChI is InChI=1S/C16H17N3O4/c1-10-3-5-13(6-4-10)19-8-12(7-15(19)20)16(21)22-9-14-18-17-11(2)23-14/h3-6,12H,7-9H2,1-2H3. The molecular formula is C16H17N3O4. The number of amides is 1. The number of benzene rings is 1. The maximum Gasteiger partial charge on any atom is 0.311 e. The molecule has 1 atom stereocenters. The van der Waals surface area contributed by atoms with E-state index < -0.39 is 11.9 Å². The molecule has 0 N–H and O–H groups in total. The summed E-state index contributed by atoms with van der Waals surface area (Å²) in [4.78, 5) is 25.9. The molecule has 23 heavy (non-hydrogen) atoms. The van der Waals surface area contributed by atoms with E-state index in [1.165, 1.54) is 0 Å². The molecule has 0 aliphatic carbocycles. The zero-order valence-electron chi connectivity index (χ0n) is 13.0. The average molecular weight is 315 g/mol. The van der Waals surface area contributed by atoms with Crippen LogP contribution in [0.2, 0.25) is 0 Å². The number of ether oxygens (including phenoxy) is 1. The highest BCUT2D eigenvalue weighted by molar-refractivity contribution is 5.99. The Bertz CT molecular complexity index is 723. The molecule has 1 aromatic carbocycles. The lowest BCUT2D eigenvalue weighted by molar-refractivity contribution is -0.150. The number of nitrogens with zero attached hydrogens (tertiary/aromatic N) is 3. The zero-order valence-corrected chi connectivity index (χ0v) is 13.0. The van der Waals surface area contributed by atoms with Crippen LogP contribution in [-0.4, -0.2) is 28.6 Å². The maximum absolute atomic E-state index is 12.1. The number of anilines is 1. The number of rotatable bonds is 4. The van der Waals surface area contributed by atoms with Gasteiger partial charge in [0.15, 0.2) is 6.61 Å². The van der Waals surface area contributed by atoms with E-state index in [9.17, 15) is 9.59 Å². The molecule has 0 saturated carbocycles. The second-order valence-corrected chi connectivity index (χ2v) is 5.56. The van der Waals surface area contributed by atoms with E-state index in [0.717, 1.165) is 11.3 Å². The van der Waals surface area contributed by atoms with Gasteiger partial charge < -0.3 is 14.1 Å². The van der Waals surface area contributed by atoms with Crippen LogP contribution in [0, 0.1) is 19.8 Å². The van der Waals surface area contributed by atoms with Crippen molar-refractivity contribution in [3.05, 3.63) is 41.6 Å². The SMILES string of the molecule is Cc1ccc(N2CC(C(=O)OCc3nnc(C)o3)CC2=O)cc1. The first-order valence-electron chi connectivity index (χ1n) is 7.35. The molecule has 0 spiro atoms. The Hall–Kier alpha value is -2.70. The van der Waals surface area contributed by atoms with Gasteiger partial charge in [-0.3, -0.25) is 9.59 Å². The lowest BCUT2D eigenvalue weighted by Crippen LogP contribution is -2.26. The predicted molar refractivity (Wildman–Crippen MR) is 80.5 cm³/mol. The normalized spacial score (nSPS) is 17.6. The van der Waals surface area contributed by atoms with Gasteiger partial charge in [-0.05, 0) is 19.1 Å². The minimum absolute atomic E-state index is 0.0745. The fourth-order valence-electron chi connectivity index (χ4n) is 2.49. The highest BCUT2D eigenvalue weighted by Crippen LogP contribution is 2.26. The number of aryl methyl sites for hydroxylation is 2. The molecule has 7 nitrogen and oxygen atoms in total. The van der Waals surface area contributed by atoms with E-state index >= 15 is 0 Å². The van der Waals surface area contributed by atoms with Crippen LogP contribution in [0.25, 0.3) is 0 Å². The van der Waals surface area contributed by atoms with Crippen molar-refractivity contribution in [1.29, 1.82) is 0 Å². The van der Waals surface area contributed by atoms with Crippen LogP contribution in [-0.2, 0) is 20.9 Å². The Balaban J connectivity index is 1.60. The third-order valence-corrected chi connectivity index (χ3v) is 3.71. The van der Waals surface area contributed by atoms with Crippen molar-refractivity contribution in [3.63, 3.8) is 0 Å². The van der Waals surface area contributed by atoms with Gasteiger partial charge in [-0.15, -0.1) is 10.2 Å². The van der Waals surface area contributed by atoms with E-state index in [4.69, 9.17) is 9.15 Å². The quantitative estimate of drug-likeness (QED) is 0.800. The molecule has 2 aromatic rings. The minimum atomic E-state index is -0.479. The number of carbonyl (C=O) groups excluding carboxylic acids is 2. The Kier molecular flexibility index (Phi) is 4.10. The predicted octanol–water partition coefficient (Wildman–Crippen LogP) is 1.78. The van der Waals surface area contributed by atoms with Crippen molar-refractivity contribution in [3.8, 4) is 0 Å². The van der Waals surface area contributed by atoms with Crippen molar-refractivity contribution in [1.82, 2.24) is 10.2 Å². The summed E-state index contributed by atoms with van der Waals surface area (Å²) in [6.07, 6.45) is 0.148. The van der Waals surface area contributed by atoms with Crippen molar-refractivity contribution >= 4 is 17.6 Å². The molecule has 1 aromatic heterocycles. The van der Waals surface area contributed by atoms with Crippen LogP contribution < -0.4 is 4.90 Å². The van der Waals surface area contributed by atoms with E-state index in [1.54, 1.807) is 11.8 Å². The first-order chi connectivity index (χ1) is 11.0. The maximum atomic E-state index is 12.1. The molecule has 1 unspecified atom stereocenters. The van der Waals surface area contributed by atoms with Gasteiger partial charge in [0.25, 0.3) is 5.89 Å². The van der Waals surface area contributed by atoms with E-state index in [2.05, 4.69) is 10.2 Å².